The van der Waals surface area contributed by atoms with Crippen molar-refractivity contribution < 1.29 is 4.21 Å². The van der Waals surface area contributed by atoms with E-state index in [2.05, 4.69) is 20.8 Å². The van der Waals surface area contributed by atoms with E-state index in [4.69, 9.17) is 0 Å². The molecule has 2 atom stereocenters. The van der Waals surface area contributed by atoms with Crippen LogP contribution < -0.4 is 5.32 Å². The average molecular weight is 279 g/mol. The van der Waals surface area contributed by atoms with Gasteiger partial charge in [0.1, 0.15) is 0 Å². The zero-order valence-corrected chi connectivity index (χ0v) is 11.8. The minimum atomic E-state index is -0.798. The summed E-state index contributed by atoms with van der Waals surface area (Å²) in [5, 5.41) is 14.9. The van der Waals surface area contributed by atoms with Gasteiger partial charge in [-0.25, -0.2) is 0 Å². The number of tetrazole rings is 1. The van der Waals surface area contributed by atoms with E-state index in [9.17, 15) is 4.21 Å². The zero-order valence-electron chi connectivity index (χ0n) is 11.0. The van der Waals surface area contributed by atoms with Gasteiger partial charge in [-0.3, -0.25) is 4.21 Å². The summed E-state index contributed by atoms with van der Waals surface area (Å²) in [4.78, 5) is 0. The maximum atomic E-state index is 11.3. The lowest BCUT2D eigenvalue weighted by Crippen LogP contribution is -2.16. The molecule has 2 aromatic rings. The predicted molar refractivity (Wildman–Crippen MR) is 75.8 cm³/mol. The van der Waals surface area contributed by atoms with Crippen molar-refractivity contribution in [2.24, 2.45) is 0 Å². The van der Waals surface area contributed by atoms with E-state index >= 15 is 0 Å². The summed E-state index contributed by atoms with van der Waals surface area (Å²) in [5.41, 5.74) is 0.905. The molecule has 1 heterocycles. The minimum Gasteiger partial charge on any atom is -0.353 e. The maximum absolute atomic E-state index is 11.3. The number of rotatable bonds is 6. The third kappa shape index (κ3) is 3.60. The number of aromatic nitrogens is 4. The SMILES string of the molecule is CC(CCNc1nnnn1-c1ccccc1)S(C)=O. The smallest absolute Gasteiger partial charge is 0.247 e. The minimum absolute atomic E-state index is 0.161. The Morgan fingerprint density at radius 2 is 2.11 bits per heavy atom. The lowest BCUT2D eigenvalue weighted by molar-refractivity contribution is 0.672. The Kier molecular flexibility index (Phi) is 4.62. The van der Waals surface area contributed by atoms with E-state index < -0.39 is 10.8 Å². The molecular formula is C12H17N5OS. The number of para-hydroxylation sites is 1. The first-order valence-electron chi connectivity index (χ1n) is 6.08. The van der Waals surface area contributed by atoms with Crippen LogP contribution in [-0.2, 0) is 10.8 Å². The lowest BCUT2D eigenvalue weighted by Gasteiger charge is -2.09. The van der Waals surface area contributed by atoms with Crippen LogP contribution in [0.1, 0.15) is 13.3 Å². The molecule has 1 aromatic heterocycles. The molecule has 0 radical (unpaired) electrons. The topological polar surface area (TPSA) is 72.7 Å². The first-order chi connectivity index (χ1) is 9.18. The molecule has 2 rings (SSSR count). The van der Waals surface area contributed by atoms with Crippen LogP contribution in [0.5, 0.6) is 0 Å². The Balaban J connectivity index is 1.99. The molecule has 0 spiro atoms. The Morgan fingerprint density at radius 3 is 2.79 bits per heavy atom. The highest BCUT2D eigenvalue weighted by Gasteiger charge is 2.09. The van der Waals surface area contributed by atoms with Crippen LogP contribution in [-0.4, -0.2) is 42.5 Å². The van der Waals surface area contributed by atoms with Gasteiger partial charge in [0.05, 0.1) is 5.69 Å². The van der Waals surface area contributed by atoms with Gasteiger partial charge in [0.15, 0.2) is 0 Å². The Labute approximate surface area is 114 Å². The van der Waals surface area contributed by atoms with Gasteiger partial charge in [0.25, 0.3) is 0 Å². The van der Waals surface area contributed by atoms with Crippen molar-refractivity contribution in [3.05, 3.63) is 30.3 Å². The van der Waals surface area contributed by atoms with E-state index in [1.165, 1.54) is 0 Å². The third-order valence-electron chi connectivity index (χ3n) is 2.87. The van der Waals surface area contributed by atoms with Crippen molar-refractivity contribution in [1.29, 1.82) is 0 Å². The molecule has 102 valence electrons. The first kappa shape index (κ1) is 13.7. The molecule has 7 heteroatoms. The van der Waals surface area contributed by atoms with E-state index in [0.717, 1.165) is 12.1 Å². The second-order valence-electron chi connectivity index (χ2n) is 4.27. The molecule has 0 fully saturated rings. The summed E-state index contributed by atoms with van der Waals surface area (Å²) < 4.78 is 12.9. The Bertz CT molecular complexity index is 542. The van der Waals surface area contributed by atoms with Gasteiger partial charge in [-0.15, -0.1) is 0 Å². The molecule has 1 aromatic carbocycles. The Morgan fingerprint density at radius 1 is 1.37 bits per heavy atom. The molecule has 0 bridgehead atoms. The highest BCUT2D eigenvalue weighted by Crippen LogP contribution is 2.10. The van der Waals surface area contributed by atoms with Gasteiger partial charge in [-0.05, 0) is 29.0 Å². The monoisotopic (exact) mass is 279 g/mol. The number of nitrogens with one attached hydrogen (secondary N) is 1. The van der Waals surface area contributed by atoms with Crippen LogP contribution >= 0.6 is 0 Å². The highest BCUT2D eigenvalue weighted by molar-refractivity contribution is 7.84. The summed E-state index contributed by atoms with van der Waals surface area (Å²) in [6.45, 7) is 2.66. The average Bonchev–Trinajstić information content (AvgIpc) is 2.88. The number of hydrogen-bond donors (Lipinski definition) is 1. The molecule has 6 nitrogen and oxygen atoms in total. The standard InChI is InChI=1S/C12H17N5OS/c1-10(19(2)18)8-9-13-12-14-15-16-17(12)11-6-4-3-5-7-11/h3-7,10H,8-9H2,1-2H3,(H,13,14,16). The summed E-state index contributed by atoms with van der Waals surface area (Å²) in [6, 6.07) is 9.68. The second-order valence-corrected chi connectivity index (χ2v) is 6.08. The van der Waals surface area contributed by atoms with Crippen LogP contribution in [0.2, 0.25) is 0 Å². The number of benzene rings is 1. The first-order valence-corrected chi connectivity index (χ1v) is 7.70. The molecule has 0 aliphatic heterocycles. The largest absolute Gasteiger partial charge is 0.353 e. The van der Waals surface area contributed by atoms with Gasteiger partial charge < -0.3 is 5.32 Å². The van der Waals surface area contributed by atoms with Crippen molar-refractivity contribution in [1.82, 2.24) is 20.2 Å². The second kappa shape index (κ2) is 6.42. The van der Waals surface area contributed by atoms with Crippen LogP contribution in [0.3, 0.4) is 0 Å². The van der Waals surface area contributed by atoms with E-state index in [1.807, 2.05) is 37.3 Å². The summed E-state index contributed by atoms with van der Waals surface area (Å²) in [7, 11) is -0.798. The van der Waals surface area contributed by atoms with Crippen LogP contribution in [0.25, 0.3) is 5.69 Å². The Hall–Kier alpha value is -1.76. The van der Waals surface area contributed by atoms with Crippen LogP contribution in [0, 0.1) is 0 Å². The van der Waals surface area contributed by atoms with Gasteiger partial charge in [-0.1, -0.05) is 30.2 Å². The molecular weight excluding hydrogens is 262 g/mol. The van der Waals surface area contributed by atoms with Gasteiger partial charge in [-0.2, -0.15) is 4.68 Å². The van der Waals surface area contributed by atoms with Crippen molar-refractivity contribution in [3.63, 3.8) is 0 Å². The molecule has 2 unspecified atom stereocenters. The number of hydrogen-bond acceptors (Lipinski definition) is 5. The van der Waals surface area contributed by atoms with Gasteiger partial charge in [0.2, 0.25) is 5.95 Å². The van der Waals surface area contributed by atoms with Gasteiger partial charge >= 0.3 is 0 Å². The van der Waals surface area contributed by atoms with Crippen molar-refractivity contribution >= 4 is 16.7 Å². The van der Waals surface area contributed by atoms with Crippen molar-refractivity contribution in [2.75, 3.05) is 18.1 Å². The van der Waals surface area contributed by atoms with Crippen molar-refractivity contribution in [3.8, 4) is 5.69 Å². The molecule has 0 aliphatic carbocycles. The van der Waals surface area contributed by atoms with Crippen LogP contribution in [0.15, 0.2) is 30.3 Å². The van der Waals surface area contributed by atoms with E-state index in [-0.39, 0.29) is 5.25 Å². The molecule has 19 heavy (non-hydrogen) atoms. The fourth-order valence-corrected chi connectivity index (χ4v) is 2.04. The third-order valence-corrected chi connectivity index (χ3v) is 4.24. The molecule has 1 N–H and O–H groups in total. The molecule has 0 saturated carbocycles. The lowest BCUT2D eigenvalue weighted by atomic mass is 10.3. The van der Waals surface area contributed by atoms with Gasteiger partial charge in [0, 0.05) is 28.9 Å². The fourth-order valence-electron chi connectivity index (χ4n) is 1.59. The zero-order chi connectivity index (χ0) is 13.7. The highest BCUT2D eigenvalue weighted by atomic mass is 32.2. The normalized spacial score (nSPS) is 14.0. The van der Waals surface area contributed by atoms with E-state index in [1.54, 1.807) is 10.9 Å². The van der Waals surface area contributed by atoms with Crippen molar-refractivity contribution in [2.45, 2.75) is 18.6 Å². The quantitative estimate of drug-likeness (QED) is 0.861. The summed E-state index contributed by atoms with van der Waals surface area (Å²) >= 11 is 0. The fraction of sp³-hybridized carbons (Fsp3) is 0.417. The maximum Gasteiger partial charge on any atom is 0.247 e. The number of anilines is 1. The number of nitrogens with zero attached hydrogens (tertiary/aromatic N) is 4. The molecule has 0 amide bonds. The summed E-state index contributed by atoms with van der Waals surface area (Å²) in [6.07, 6.45) is 2.53. The molecule has 0 aliphatic rings. The summed E-state index contributed by atoms with van der Waals surface area (Å²) in [5.74, 6) is 0.597. The van der Waals surface area contributed by atoms with E-state index in [0.29, 0.717) is 12.5 Å². The predicted octanol–water partition coefficient (Wildman–Crippen LogP) is 1.23. The van der Waals surface area contributed by atoms with Crippen LogP contribution in [0.4, 0.5) is 5.95 Å². The molecule has 0 saturated heterocycles.